The van der Waals surface area contributed by atoms with Crippen molar-refractivity contribution in [3.8, 4) is 0 Å². The van der Waals surface area contributed by atoms with Gasteiger partial charge in [-0.25, -0.2) is 4.79 Å². The number of aromatic nitrogens is 3. The summed E-state index contributed by atoms with van der Waals surface area (Å²) in [6.45, 7) is 5.32. The lowest BCUT2D eigenvalue weighted by atomic mass is 9.79. The Balaban J connectivity index is 1.82. The van der Waals surface area contributed by atoms with Gasteiger partial charge in [0.05, 0.1) is 27.5 Å². The van der Waals surface area contributed by atoms with Gasteiger partial charge in [0, 0.05) is 12.6 Å². The van der Waals surface area contributed by atoms with E-state index in [9.17, 15) is 48.5 Å². The Kier molecular flexibility index (Phi) is 7.83. The smallest absolute Gasteiger partial charge is 0.351 e. The van der Waals surface area contributed by atoms with Crippen molar-refractivity contribution in [2.24, 2.45) is 0 Å². The molecule has 0 saturated carbocycles. The predicted molar refractivity (Wildman–Crippen MR) is 164 cm³/mol. The molecule has 4 aromatic rings. The SMILES string of the molecule is C=C1c2ccccc2C(=O)c2c(Nc3cc(Nc4nc(NC)nc(=O)[nH]4)c(S(=O)(=O)O)cc3S(=O)(=O)O)cc(S(=O)(=O)O)c(C)c21. The normalized spacial score (nSPS) is 13.2. The van der Waals surface area contributed by atoms with E-state index in [0.29, 0.717) is 11.6 Å². The first kappa shape index (κ1) is 32.4. The van der Waals surface area contributed by atoms with Crippen LogP contribution in [0.5, 0.6) is 0 Å². The number of nitrogens with zero attached hydrogens (tertiary/aromatic N) is 2. The molecular formula is C26H22N6O11S3. The first-order valence-electron chi connectivity index (χ1n) is 12.6. The number of nitrogens with one attached hydrogen (secondary N) is 4. The Morgan fingerprint density at radius 2 is 1.30 bits per heavy atom. The van der Waals surface area contributed by atoms with Gasteiger partial charge >= 0.3 is 5.69 Å². The zero-order valence-electron chi connectivity index (χ0n) is 23.5. The van der Waals surface area contributed by atoms with Gasteiger partial charge in [0.1, 0.15) is 9.79 Å². The molecule has 17 nitrogen and oxygen atoms in total. The number of rotatable bonds is 8. The Morgan fingerprint density at radius 3 is 1.87 bits per heavy atom. The molecule has 0 spiro atoms. The standard InChI is InChI=1S/C26H22N6O11S3/c1-11-13-6-4-5-7-14(13)23(33)22-17(9-18(44(35,36)37)12(2)21(11)22)28-15-8-16(29-25-30-24(27-3)31-26(34)32-25)20(46(41,42)43)10-19(15)45(38,39)40/h4-10,28H,1H2,2-3H3,(H,35,36,37)(H,38,39,40)(H,41,42,43)(H3,27,29,30,31,32,34). The number of ketones is 1. The minimum atomic E-state index is -5.31. The van der Waals surface area contributed by atoms with Gasteiger partial charge in [-0.1, -0.05) is 30.8 Å². The topological polar surface area (TPSA) is 275 Å². The van der Waals surface area contributed by atoms with Gasteiger partial charge in [-0.3, -0.25) is 23.4 Å². The van der Waals surface area contributed by atoms with Crippen LogP contribution in [-0.4, -0.2) is 66.7 Å². The Hall–Kier alpha value is -4.99. The molecule has 1 aliphatic rings. The number of fused-ring (bicyclic) bond motifs is 2. The van der Waals surface area contributed by atoms with Gasteiger partial charge in [-0.05, 0) is 47.4 Å². The van der Waals surface area contributed by atoms with Crippen LogP contribution in [0.15, 0.2) is 68.5 Å². The molecule has 0 aliphatic heterocycles. The maximum atomic E-state index is 13.8. The van der Waals surface area contributed by atoms with Crippen LogP contribution in [0.1, 0.15) is 32.6 Å². The van der Waals surface area contributed by atoms with Crippen LogP contribution < -0.4 is 21.6 Å². The fraction of sp³-hybridized carbons (Fsp3) is 0.0769. The second-order valence-corrected chi connectivity index (χ2v) is 13.9. The van der Waals surface area contributed by atoms with Gasteiger partial charge in [0.25, 0.3) is 30.4 Å². The Bertz CT molecular complexity index is 2410. The van der Waals surface area contributed by atoms with Crippen molar-refractivity contribution in [1.29, 1.82) is 0 Å². The average molecular weight is 691 g/mol. The summed E-state index contributed by atoms with van der Waals surface area (Å²) in [4.78, 5) is 32.4. The zero-order chi connectivity index (χ0) is 33.9. The molecule has 240 valence electrons. The zero-order valence-corrected chi connectivity index (χ0v) is 25.9. The third kappa shape index (κ3) is 5.87. The number of carbonyl (C=O) groups excluding carboxylic acids is 1. The van der Waals surface area contributed by atoms with Crippen molar-refractivity contribution in [3.63, 3.8) is 0 Å². The van der Waals surface area contributed by atoms with E-state index in [1.54, 1.807) is 18.2 Å². The van der Waals surface area contributed by atoms with Gasteiger partial charge in [0.2, 0.25) is 11.9 Å². The van der Waals surface area contributed by atoms with Crippen LogP contribution in [-0.2, 0) is 30.4 Å². The second kappa shape index (κ2) is 11.1. The second-order valence-electron chi connectivity index (χ2n) is 9.75. The van der Waals surface area contributed by atoms with Gasteiger partial charge in [-0.2, -0.15) is 35.2 Å². The minimum Gasteiger partial charge on any atom is -0.357 e. The van der Waals surface area contributed by atoms with E-state index in [4.69, 9.17) is 0 Å². The van der Waals surface area contributed by atoms with Gasteiger partial charge < -0.3 is 16.0 Å². The molecule has 5 rings (SSSR count). The number of hydrogen-bond acceptors (Lipinski definition) is 13. The summed E-state index contributed by atoms with van der Waals surface area (Å²) in [6.07, 6.45) is 0. The largest absolute Gasteiger partial charge is 0.357 e. The Morgan fingerprint density at radius 1 is 0.739 bits per heavy atom. The van der Waals surface area contributed by atoms with E-state index in [2.05, 4.69) is 37.5 Å². The highest BCUT2D eigenvalue weighted by atomic mass is 32.2. The highest BCUT2D eigenvalue weighted by molar-refractivity contribution is 7.87. The number of aromatic amines is 1. The third-order valence-corrected chi connectivity index (χ3v) is 9.64. The highest BCUT2D eigenvalue weighted by Crippen LogP contribution is 2.44. The first-order valence-corrected chi connectivity index (χ1v) is 16.9. The number of hydrogen-bond donors (Lipinski definition) is 7. The highest BCUT2D eigenvalue weighted by Gasteiger charge is 2.34. The molecule has 0 radical (unpaired) electrons. The maximum Gasteiger partial charge on any atom is 0.351 e. The van der Waals surface area contributed by atoms with Gasteiger partial charge in [0.15, 0.2) is 5.78 Å². The number of anilines is 5. The van der Waals surface area contributed by atoms with E-state index in [1.807, 2.05) is 0 Å². The summed E-state index contributed by atoms with van der Waals surface area (Å²) in [6, 6.07) is 8.23. The number of benzene rings is 3. The van der Waals surface area contributed by atoms with E-state index >= 15 is 0 Å². The maximum absolute atomic E-state index is 13.8. The molecule has 3 aromatic carbocycles. The Labute approximate surface area is 260 Å². The summed E-state index contributed by atoms with van der Waals surface area (Å²) < 4.78 is 104. The van der Waals surface area contributed by atoms with Crippen LogP contribution in [0.25, 0.3) is 5.57 Å². The fourth-order valence-corrected chi connectivity index (χ4v) is 7.10. The molecular weight excluding hydrogens is 669 g/mol. The number of H-pyrrole nitrogens is 1. The fourth-order valence-electron chi connectivity index (χ4n) is 4.96. The van der Waals surface area contributed by atoms with Crippen molar-refractivity contribution in [2.75, 3.05) is 23.0 Å². The first-order chi connectivity index (χ1) is 21.3. The van der Waals surface area contributed by atoms with Crippen LogP contribution in [0.4, 0.5) is 29.0 Å². The molecule has 0 atom stereocenters. The lowest BCUT2D eigenvalue weighted by Crippen LogP contribution is -2.20. The molecule has 46 heavy (non-hydrogen) atoms. The quantitative estimate of drug-likeness (QED) is 0.115. The van der Waals surface area contributed by atoms with Crippen LogP contribution in [0.3, 0.4) is 0 Å². The lowest BCUT2D eigenvalue weighted by molar-refractivity contribution is 0.103. The molecule has 7 N–H and O–H groups in total. The van der Waals surface area contributed by atoms with Crippen molar-refractivity contribution < 1.29 is 43.7 Å². The van der Waals surface area contributed by atoms with Crippen molar-refractivity contribution >= 4 is 70.7 Å². The molecule has 0 unspecified atom stereocenters. The van der Waals surface area contributed by atoms with E-state index in [-0.39, 0.29) is 33.8 Å². The van der Waals surface area contributed by atoms with E-state index in [1.165, 1.54) is 20.0 Å². The minimum absolute atomic E-state index is 0.000732. The molecule has 0 fully saturated rings. The summed E-state index contributed by atoms with van der Waals surface area (Å²) >= 11 is 0. The van der Waals surface area contributed by atoms with Gasteiger partial charge in [-0.15, -0.1) is 0 Å². The van der Waals surface area contributed by atoms with Crippen molar-refractivity contribution in [1.82, 2.24) is 15.0 Å². The van der Waals surface area contributed by atoms with E-state index in [0.717, 1.165) is 12.1 Å². The van der Waals surface area contributed by atoms with Crippen LogP contribution >= 0.6 is 0 Å². The summed E-state index contributed by atoms with van der Waals surface area (Å²) in [5, 5.41) is 7.47. The molecule has 20 heteroatoms. The predicted octanol–water partition coefficient (Wildman–Crippen LogP) is 2.35. The van der Waals surface area contributed by atoms with E-state index < -0.39 is 79.5 Å². The monoisotopic (exact) mass is 690 g/mol. The molecule has 1 aliphatic carbocycles. The molecule has 1 heterocycles. The van der Waals surface area contributed by atoms with Crippen molar-refractivity contribution in [3.05, 3.63) is 87.3 Å². The molecule has 0 saturated heterocycles. The summed E-state index contributed by atoms with van der Waals surface area (Å²) in [7, 11) is -14.1. The van der Waals surface area contributed by atoms with Crippen molar-refractivity contribution in [2.45, 2.75) is 21.6 Å². The number of carbonyl (C=O) groups is 1. The molecule has 0 amide bonds. The van der Waals surface area contributed by atoms with Crippen LogP contribution in [0.2, 0.25) is 0 Å². The third-order valence-electron chi connectivity index (χ3n) is 6.88. The molecule has 0 bridgehead atoms. The summed E-state index contributed by atoms with van der Waals surface area (Å²) in [5.74, 6) is -1.29. The van der Waals surface area contributed by atoms with Crippen LogP contribution in [0, 0.1) is 6.92 Å². The lowest BCUT2D eigenvalue weighted by Gasteiger charge is -2.27. The average Bonchev–Trinajstić information content (AvgIpc) is 2.94. The summed E-state index contributed by atoms with van der Waals surface area (Å²) in [5.41, 5.74) is -2.10. The molecule has 1 aromatic heterocycles.